The molecule has 0 bridgehead atoms. The Morgan fingerprint density at radius 3 is 2.46 bits per heavy atom. The van der Waals surface area contributed by atoms with Gasteiger partial charge in [-0.2, -0.15) is 0 Å². The van der Waals surface area contributed by atoms with Gasteiger partial charge in [0.2, 0.25) is 0 Å². The fourth-order valence-electron chi connectivity index (χ4n) is 4.03. The molecule has 4 rings (SSSR count). The van der Waals surface area contributed by atoms with Crippen molar-refractivity contribution in [3.63, 3.8) is 0 Å². The van der Waals surface area contributed by atoms with E-state index in [4.69, 9.17) is 0 Å². The van der Waals surface area contributed by atoms with E-state index < -0.39 is 0 Å². The molecule has 28 heavy (non-hydrogen) atoms. The van der Waals surface area contributed by atoms with Gasteiger partial charge in [-0.1, -0.05) is 35.9 Å². The van der Waals surface area contributed by atoms with Gasteiger partial charge < -0.3 is 15.1 Å². The zero-order chi connectivity index (χ0) is 19.6. The third-order valence-electron chi connectivity index (χ3n) is 5.54. The largest absolute Gasteiger partial charge is 0.324 e. The maximum absolute atomic E-state index is 13.1. The fraction of sp³-hybridized carbons (Fsp3) is 0.364. The number of aryl methyl sites for hydroxylation is 1. The van der Waals surface area contributed by atoms with Crippen molar-refractivity contribution in [3.8, 4) is 0 Å². The number of piperidine rings is 1. The summed E-state index contributed by atoms with van der Waals surface area (Å²) in [4.78, 5) is 29.4. The molecule has 0 atom stereocenters. The number of hydrogen-bond acceptors (Lipinski definition) is 3. The monoisotopic (exact) mass is 395 g/mol. The lowest BCUT2D eigenvalue weighted by Gasteiger charge is -2.44. The molecule has 2 aliphatic heterocycles. The highest BCUT2D eigenvalue weighted by atomic mass is 32.2. The Bertz CT molecular complexity index is 863. The molecule has 0 unspecified atom stereocenters. The second kappa shape index (κ2) is 7.87. The van der Waals surface area contributed by atoms with Crippen molar-refractivity contribution in [3.05, 3.63) is 65.7 Å². The first-order valence-corrected chi connectivity index (χ1v) is 10.7. The molecule has 1 N–H and O–H groups in total. The van der Waals surface area contributed by atoms with Gasteiger partial charge in [0.15, 0.2) is 0 Å². The highest BCUT2D eigenvalue weighted by Gasteiger charge is 2.47. The lowest BCUT2D eigenvalue weighted by Crippen LogP contribution is -2.54. The minimum absolute atomic E-state index is 0.0689. The molecule has 0 saturated carbocycles. The molecule has 2 saturated heterocycles. The second-order valence-electron chi connectivity index (χ2n) is 7.40. The van der Waals surface area contributed by atoms with Crippen LogP contribution in [0, 0.1) is 6.92 Å². The van der Waals surface area contributed by atoms with Gasteiger partial charge in [0.25, 0.3) is 5.91 Å². The van der Waals surface area contributed by atoms with E-state index in [1.807, 2.05) is 83.1 Å². The van der Waals surface area contributed by atoms with Gasteiger partial charge in [-0.15, -0.1) is 11.8 Å². The van der Waals surface area contributed by atoms with Crippen LogP contribution in [-0.2, 0) is 0 Å². The van der Waals surface area contributed by atoms with Crippen molar-refractivity contribution in [1.82, 2.24) is 9.80 Å². The van der Waals surface area contributed by atoms with E-state index in [0.29, 0.717) is 13.1 Å². The predicted octanol–water partition coefficient (Wildman–Crippen LogP) is 4.21. The molecule has 0 aromatic heterocycles. The number of likely N-dealkylation sites (tertiary alicyclic amines) is 1. The van der Waals surface area contributed by atoms with E-state index >= 15 is 0 Å². The highest BCUT2D eigenvalue weighted by Crippen LogP contribution is 2.44. The molecular weight excluding hydrogens is 370 g/mol. The molecular formula is C22H25N3O2S. The Labute approximate surface area is 170 Å². The number of benzene rings is 2. The smallest absolute Gasteiger partial charge is 0.321 e. The summed E-state index contributed by atoms with van der Waals surface area (Å²) < 4.78 is 0. The van der Waals surface area contributed by atoms with Gasteiger partial charge >= 0.3 is 6.03 Å². The molecule has 5 nitrogen and oxygen atoms in total. The standard InChI is InChI=1S/C22H25N3O2S/c1-17-6-5-7-18(16-17)20(26)25-14-15-28-22(25)10-12-24(13-11-22)21(27)23-19-8-3-2-4-9-19/h2-9,16H,10-15H2,1H3,(H,23,27). The van der Waals surface area contributed by atoms with Gasteiger partial charge in [-0.05, 0) is 44.0 Å². The van der Waals surface area contributed by atoms with E-state index in [-0.39, 0.29) is 16.8 Å². The van der Waals surface area contributed by atoms with Crippen molar-refractivity contribution in [2.24, 2.45) is 0 Å². The van der Waals surface area contributed by atoms with Crippen molar-refractivity contribution < 1.29 is 9.59 Å². The van der Waals surface area contributed by atoms with Gasteiger partial charge in [0.05, 0.1) is 4.87 Å². The zero-order valence-corrected chi connectivity index (χ0v) is 16.9. The Hall–Kier alpha value is -2.47. The summed E-state index contributed by atoms with van der Waals surface area (Å²) in [7, 11) is 0. The molecule has 0 aliphatic carbocycles. The number of carbonyl (C=O) groups excluding carboxylic acids is 2. The Morgan fingerprint density at radius 2 is 1.75 bits per heavy atom. The minimum Gasteiger partial charge on any atom is -0.324 e. The summed E-state index contributed by atoms with van der Waals surface area (Å²) in [5.41, 5.74) is 2.66. The number of hydrogen-bond donors (Lipinski definition) is 1. The molecule has 1 spiro atoms. The van der Waals surface area contributed by atoms with Crippen LogP contribution in [0.5, 0.6) is 0 Å². The topological polar surface area (TPSA) is 52.7 Å². The number of nitrogens with zero attached hydrogens (tertiary/aromatic N) is 2. The predicted molar refractivity (Wildman–Crippen MR) is 114 cm³/mol. The number of amides is 3. The van der Waals surface area contributed by atoms with Crippen LogP contribution < -0.4 is 5.32 Å². The Balaban J connectivity index is 1.42. The number of anilines is 1. The van der Waals surface area contributed by atoms with Crippen LogP contribution in [-0.4, -0.2) is 52.0 Å². The molecule has 2 aromatic rings. The van der Waals surface area contributed by atoms with Gasteiger partial charge in [0.1, 0.15) is 0 Å². The first-order valence-electron chi connectivity index (χ1n) is 9.71. The van der Waals surface area contributed by atoms with Crippen LogP contribution in [0.4, 0.5) is 10.5 Å². The van der Waals surface area contributed by atoms with Crippen LogP contribution >= 0.6 is 11.8 Å². The van der Waals surface area contributed by atoms with Crippen molar-refractivity contribution >= 4 is 29.4 Å². The lowest BCUT2D eigenvalue weighted by atomic mass is 10.0. The quantitative estimate of drug-likeness (QED) is 0.829. The van der Waals surface area contributed by atoms with Crippen LogP contribution in [0.3, 0.4) is 0 Å². The van der Waals surface area contributed by atoms with E-state index in [9.17, 15) is 9.59 Å². The highest BCUT2D eigenvalue weighted by molar-refractivity contribution is 8.00. The maximum Gasteiger partial charge on any atom is 0.321 e. The van der Waals surface area contributed by atoms with Crippen LogP contribution in [0.15, 0.2) is 54.6 Å². The molecule has 2 heterocycles. The molecule has 2 aliphatic rings. The summed E-state index contributed by atoms with van der Waals surface area (Å²) in [6.07, 6.45) is 1.61. The van der Waals surface area contributed by atoms with Crippen molar-refractivity contribution in [2.75, 3.05) is 30.7 Å². The Morgan fingerprint density at radius 1 is 1.00 bits per heavy atom. The normalized spacial score (nSPS) is 18.3. The summed E-state index contributed by atoms with van der Waals surface area (Å²) in [6, 6.07) is 17.3. The molecule has 0 radical (unpaired) electrons. The van der Waals surface area contributed by atoms with Crippen LogP contribution in [0.25, 0.3) is 0 Å². The van der Waals surface area contributed by atoms with Crippen molar-refractivity contribution in [2.45, 2.75) is 24.6 Å². The summed E-state index contributed by atoms with van der Waals surface area (Å²) in [6.45, 7) is 4.09. The first-order chi connectivity index (χ1) is 13.6. The van der Waals surface area contributed by atoms with E-state index in [1.54, 1.807) is 0 Å². The van der Waals surface area contributed by atoms with E-state index in [0.717, 1.165) is 42.0 Å². The number of urea groups is 1. The summed E-state index contributed by atoms with van der Waals surface area (Å²) >= 11 is 1.87. The van der Waals surface area contributed by atoms with Crippen LogP contribution in [0.2, 0.25) is 0 Å². The van der Waals surface area contributed by atoms with Gasteiger partial charge in [0, 0.05) is 36.6 Å². The molecule has 2 aromatic carbocycles. The summed E-state index contributed by atoms with van der Waals surface area (Å²) in [5, 5.41) is 2.96. The number of nitrogens with one attached hydrogen (secondary N) is 1. The SMILES string of the molecule is Cc1cccc(C(=O)N2CCSC23CCN(C(=O)Nc2ccccc2)CC3)c1. The number of thioether (sulfide) groups is 1. The van der Waals surface area contributed by atoms with Gasteiger partial charge in [-0.3, -0.25) is 4.79 Å². The number of rotatable bonds is 2. The maximum atomic E-state index is 13.1. The summed E-state index contributed by atoms with van der Waals surface area (Å²) in [5.74, 6) is 1.06. The Kier molecular flexibility index (Phi) is 5.31. The molecule has 3 amide bonds. The van der Waals surface area contributed by atoms with E-state index in [1.165, 1.54) is 0 Å². The lowest BCUT2D eigenvalue weighted by molar-refractivity contribution is 0.0585. The first kappa shape index (κ1) is 18.9. The average Bonchev–Trinajstić information content (AvgIpc) is 3.11. The van der Waals surface area contributed by atoms with E-state index in [2.05, 4.69) is 5.32 Å². The molecule has 6 heteroatoms. The molecule has 2 fully saturated rings. The van der Waals surface area contributed by atoms with Gasteiger partial charge in [-0.25, -0.2) is 4.79 Å². The number of para-hydroxylation sites is 1. The second-order valence-corrected chi connectivity index (χ2v) is 8.86. The number of carbonyl (C=O) groups is 2. The minimum atomic E-state index is -0.190. The van der Waals surface area contributed by atoms with Crippen molar-refractivity contribution in [1.29, 1.82) is 0 Å². The third-order valence-corrected chi connectivity index (χ3v) is 7.10. The zero-order valence-electron chi connectivity index (χ0n) is 16.1. The van der Waals surface area contributed by atoms with Crippen LogP contribution in [0.1, 0.15) is 28.8 Å². The average molecular weight is 396 g/mol. The molecule has 146 valence electrons. The third kappa shape index (κ3) is 3.74. The fourth-order valence-corrected chi connectivity index (χ4v) is 5.48.